The summed E-state index contributed by atoms with van der Waals surface area (Å²) in [5, 5.41) is 15.5. The molecular formula is C26H32N6O2. The molecule has 34 heavy (non-hydrogen) atoms. The number of tetrazole rings is 1. The van der Waals surface area contributed by atoms with E-state index in [0.29, 0.717) is 11.7 Å². The zero-order valence-corrected chi connectivity index (χ0v) is 19.5. The zero-order valence-electron chi connectivity index (χ0n) is 19.5. The third-order valence-corrected chi connectivity index (χ3v) is 6.73. The minimum atomic E-state index is -0.171. The maximum Gasteiger partial charge on any atom is 0.248 e. The van der Waals surface area contributed by atoms with Crippen molar-refractivity contribution in [3.8, 4) is 11.4 Å². The van der Waals surface area contributed by atoms with Crippen LogP contribution in [0.15, 0.2) is 48.5 Å². The Bertz CT molecular complexity index is 1070. The normalized spacial score (nSPS) is 17.5. The van der Waals surface area contributed by atoms with Gasteiger partial charge in [0.15, 0.2) is 0 Å². The molecule has 1 saturated heterocycles. The molecule has 8 nitrogen and oxygen atoms in total. The third-order valence-electron chi connectivity index (χ3n) is 6.73. The molecule has 2 fully saturated rings. The van der Waals surface area contributed by atoms with Crippen LogP contribution in [-0.4, -0.2) is 57.3 Å². The number of hydrogen-bond acceptors (Lipinski definition) is 6. The van der Waals surface area contributed by atoms with Crippen molar-refractivity contribution in [2.75, 3.05) is 31.6 Å². The van der Waals surface area contributed by atoms with Crippen LogP contribution in [0.5, 0.6) is 0 Å². The monoisotopic (exact) mass is 460 g/mol. The molecule has 2 heterocycles. The van der Waals surface area contributed by atoms with Gasteiger partial charge >= 0.3 is 0 Å². The number of anilines is 1. The van der Waals surface area contributed by atoms with Crippen LogP contribution in [0.4, 0.5) is 5.69 Å². The van der Waals surface area contributed by atoms with Gasteiger partial charge in [0.2, 0.25) is 11.7 Å². The van der Waals surface area contributed by atoms with E-state index < -0.39 is 0 Å². The first-order valence-corrected chi connectivity index (χ1v) is 12.3. The average Bonchev–Trinajstić information content (AvgIpc) is 3.34. The van der Waals surface area contributed by atoms with Crippen LogP contribution in [0.1, 0.15) is 49.1 Å². The molecule has 178 valence electrons. The second-order valence-electron chi connectivity index (χ2n) is 9.23. The Morgan fingerprint density at radius 2 is 1.71 bits per heavy atom. The van der Waals surface area contributed by atoms with Gasteiger partial charge in [-0.15, -0.1) is 10.2 Å². The van der Waals surface area contributed by atoms with Gasteiger partial charge in [-0.3, -0.25) is 9.69 Å². The Balaban J connectivity index is 1.13. The van der Waals surface area contributed by atoms with Crippen molar-refractivity contribution in [3.63, 3.8) is 0 Å². The van der Waals surface area contributed by atoms with Crippen LogP contribution in [0.3, 0.4) is 0 Å². The second kappa shape index (κ2) is 10.9. The molecule has 1 aliphatic heterocycles. The standard InChI is InChI=1S/C26H32N6O2/c33-25(27-24-12-10-22(11-13-24)21-4-2-1-3-5-21)19-32-29-26(28-30-32)23-8-6-20(7-9-23)18-31-14-16-34-17-15-31/h6-13,21H,1-5,14-19H2,(H,27,33). The number of ether oxygens (including phenoxy) is 1. The van der Waals surface area contributed by atoms with E-state index in [4.69, 9.17) is 4.74 Å². The van der Waals surface area contributed by atoms with E-state index in [9.17, 15) is 4.79 Å². The lowest BCUT2D eigenvalue weighted by atomic mass is 9.84. The largest absolute Gasteiger partial charge is 0.379 e. The van der Waals surface area contributed by atoms with E-state index in [1.807, 2.05) is 24.3 Å². The van der Waals surface area contributed by atoms with Crippen LogP contribution in [0, 0.1) is 0 Å². The van der Waals surface area contributed by atoms with Crippen LogP contribution in [0.2, 0.25) is 0 Å². The lowest BCUT2D eigenvalue weighted by molar-refractivity contribution is -0.117. The van der Waals surface area contributed by atoms with Crippen molar-refractivity contribution in [1.82, 2.24) is 25.1 Å². The fourth-order valence-electron chi connectivity index (χ4n) is 4.81. The molecule has 0 atom stereocenters. The summed E-state index contributed by atoms with van der Waals surface area (Å²) in [7, 11) is 0. The molecule has 2 aliphatic rings. The number of carbonyl (C=O) groups excluding carboxylic acids is 1. The number of carbonyl (C=O) groups is 1. The first kappa shape index (κ1) is 22.7. The van der Waals surface area contributed by atoms with Gasteiger partial charge in [-0.2, -0.15) is 4.80 Å². The Morgan fingerprint density at radius 3 is 2.44 bits per heavy atom. The summed E-state index contributed by atoms with van der Waals surface area (Å²) in [6, 6.07) is 16.4. The van der Waals surface area contributed by atoms with E-state index >= 15 is 0 Å². The molecule has 1 saturated carbocycles. The fourth-order valence-corrected chi connectivity index (χ4v) is 4.81. The predicted molar refractivity (Wildman–Crippen MR) is 130 cm³/mol. The maximum absolute atomic E-state index is 12.5. The molecular weight excluding hydrogens is 428 g/mol. The van der Waals surface area contributed by atoms with Gasteiger partial charge in [0, 0.05) is 30.9 Å². The summed E-state index contributed by atoms with van der Waals surface area (Å²) in [6.45, 7) is 4.45. The summed E-state index contributed by atoms with van der Waals surface area (Å²) in [5.74, 6) is 1.00. The van der Waals surface area contributed by atoms with Crippen LogP contribution in [0.25, 0.3) is 11.4 Å². The average molecular weight is 461 g/mol. The number of nitrogens with one attached hydrogen (secondary N) is 1. The lowest BCUT2D eigenvalue weighted by Crippen LogP contribution is -2.35. The van der Waals surface area contributed by atoms with Gasteiger partial charge in [0.1, 0.15) is 6.54 Å². The predicted octanol–water partition coefficient (Wildman–Crippen LogP) is 3.86. The van der Waals surface area contributed by atoms with Crippen molar-refractivity contribution in [2.45, 2.75) is 51.1 Å². The van der Waals surface area contributed by atoms with Gasteiger partial charge in [-0.1, -0.05) is 55.7 Å². The summed E-state index contributed by atoms with van der Waals surface area (Å²) in [6.07, 6.45) is 6.51. The number of hydrogen-bond donors (Lipinski definition) is 1. The molecule has 1 amide bonds. The number of rotatable bonds is 7. The number of benzene rings is 2. The molecule has 3 aromatic rings. The molecule has 0 bridgehead atoms. The summed E-state index contributed by atoms with van der Waals surface area (Å²) in [4.78, 5) is 16.2. The quantitative estimate of drug-likeness (QED) is 0.576. The fraction of sp³-hybridized carbons (Fsp3) is 0.462. The highest BCUT2D eigenvalue weighted by Crippen LogP contribution is 2.33. The van der Waals surface area contributed by atoms with Crippen LogP contribution >= 0.6 is 0 Å². The van der Waals surface area contributed by atoms with Crippen LogP contribution < -0.4 is 5.32 Å². The molecule has 0 unspecified atom stereocenters. The smallest absolute Gasteiger partial charge is 0.248 e. The topological polar surface area (TPSA) is 85.2 Å². The number of nitrogens with zero attached hydrogens (tertiary/aromatic N) is 5. The highest BCUT2D eigenvalue weighted by atomic mass is 16.5. The third kappa shape index (κ3) is 5.87. The van der Waals surface area contributed by atoms with E-state index in [0.717, 1.165) is 44.1 Å². The van der Waals surface area contributed by atoms with Crippen molar-refractivity contribution in [2.24, 2.45) is 0 Å². The zero-order chi connectivity index (χ0) is 23.2. The maximum atomic E-state index is 12.5. The minimum Gasteiger partial charge on any atom is -0.379 e. The van der Waals surface area contributed by atoms with Crippen LogP contribution in [-0.2, 0) is 22.6 Å². The van der Waals surface area contributed by atoms with Crippen molar-refractivity contribution in [3.05, 3.63) is 59.7 Å². The van der Waals surface area contributed by atoms with E-state index in [1.165, 1.54) is 48.0 Å². The first-order chi connectivity index (χ1) is 16.7. The number of amides is 1. The van der Waals surface area contributed by atoms with Crippen molar-refractivity contribution in [1.29, 1.82) is 0 Å². The second-order valence-corrected chi connectivity index (χ2v) is 9.23. The van der Waals surface area contributed by atoms with E-state index in [1.54, 1.807) is 0 Å². The van der Waals surface area contributed by atoms with Gasteiger partial charge in [-0.25, -0.2) is 0 Å². The minimum absolute atomic E-state index is 0.0203. The Morgan fingerprint density at radius 1 is 0.971 bits per heavy atom. The molecule has 0 radical (unpaired) electrons. The number of morpholine rings is 1. The Hall–Kier alpha value is -3.10. The van der Waals surface area contributed by atoms with Gasteiger partial charge in [0.25, 0.3) is 0 Å². The summed E-state index contributed by atoms with van der Waals surface area (Å²) < 4.78 is 5.41. The Kier molecular flexibility index (Phi) is 7.26. The molecule has 2 aromatic carbocycles. The van der Waals surface area contributed by atoms with Gasteiger partial charge < -0.3 is 10.1 Å². The molecule has 5 rings (SSSR count). The Labute approximate surface area is 200 Å². The number of aromatic nitrogens is 4. The van der Waals surface area contributed by atoms with Crippen molar-refractivity contribution >= 4 is 11.6 Å². The SMILES string of the molecule is O=C(Cn1nnc(-c2ccc(CN3CCOCC3)cc2)n1)Nc1ccc(C2CCCCC2)cc1. The summed E-state index contributed by atoms with van der Waals surface area (Å²) in [5.41, 5.74) is 4.29. The lowest BCUT2D eigenvalue weighted by Gasteiger charge is -2.26. The molecule has 8 heteroatoms. The molecule has 1 aliphatic carbocycles. The highest BCUT2D eigenvalue weighted by Gasteiger charge is 2.16. The summed E-state index contributed by atoms with van der Waals surface area (Å²) >= 11 is 0. The van der Waals surface area contributed by atoms with Gasteiger partial charge in [-0.05, 0) is 47.2 Å². The first-order valence-electron chi connectivity index (χ1n) is 12.3. The highest BCUT2D eigenvalue weighted by molar-refractivity contribution is 5.90. The van der Waals surface area contributed by atoms with Gasteiger partial charge in [0.05, 0.1) is 13.2 Å². The molecule has 0 spiro atoms. The molecule has 1 aromatic heterocycles. The van der Waals surface area contributed by atoms with Crippen molar-refractivity contribution < 1.29 is 9.53 Å². The van der Waals surface area contributed by atoms with E-state index in [2.05, 4.69) is 49.9 Å². The van der Waals surface area contributed by atoms with E-state index in [-0.39, 0.29) is 12.5 Å². The molecule has 1 N–H and O–H groups in total.